The number of amides is 1. The molecule has 0 saturated heterocycles. The fourth-order valence-corrected chi connectivity index (χ4v) is 3.95. The molecule has 0 radical (unpaired) electrons. The van der Waals surface area contributed by atoms with Crippen molar-refractivity contribution in [2.75, 3.05) is 12.4 Å². The molecule has 6 heteroatoms. The van der Waals surface area contributed by atoms with Gasteiger partial charge in [-0.15, -0.1) is 0 Å². The van der Waals surface area contributed by atoms with Gasteiger partial charge in [-0.05, 0) is 54.9 Å². The number of fused-ring (bicyclic) bond motifs is 1. The lowest BCUT2D eigenvalue weighted by Gasteiger charge is -2.15. The van der Waals surface area contributed by atoms with E-state index in [1.54, 1.807) is 12.3 Å². The van der Waals surface area contributed by atoms with Crippen LogP contribution < -0.4 is 5.32 Å². The third kappa shape index (κ3) is 2.93. The van der Waals surface area contributed by atoms with E-state index >= 15 is 0 Å². The maximum Gasteiger partial charge on any atom is 0.223 e. The van der Waals surface area contributed by atoms with Crippen molar-refractivity contribution in [3.8, 4) is 0 Å². The van der Waals surface area contributed by atoms with Crippen LogP contribution in [0.3, 0.4) is 0 Å². The van der Waals surface area contributed by atoms with Gasteiger partial charge in [-0.3, -0.25) is 4.79 Å². The number of rotatable bonds is 4. The maximum absolute atomic E-state index is 13.0. The molecule has 1 aliphatic carbocycles. The SMILES string of the molecule is CNc1nc(C)c(C)c2c1CN(C(=O)CC1CC1c1ccc(F)nc1)C2. The van der Waals surface area contributed by atoms with E-state index in [2.05, 4.69) is 22.2 Å². The molecule has 136 valence electrons. The van der Waals surface area contributed by atoms with Crippen molar-refractivity contribution < 1.29 is 9.18 Å². The van der Waals surface area contributed by atoms with Crippen molar-refractivity contribution in [3.63, 3.8) is 0 Å². The van der Waals surface area contributed by atoms with E-state index < -0.39 is 5.95 Å². The fourth-order valence-electron chi connectivity index (χ4n) is 3.95. The highest BCUT2D eigenvalue weighted by molar-refractivity contribution is 5.78. The van der Waals surface area contributed by atoms with Crippen LogP contribution in [-0.2, 0) is 17.9 Å². The first-order valence-corrected chi connectivity index (χ1v) is 9.03. The van der Waals surface area contributed by atoms with Crippen molar-refractivity contribution >= 4 is 11.7 Å². The molecule has 26 heavy (non-hydrogen) atoms. The van der Waals surface area contributed by atoms with Gasteiger partial charge in [0.25, 0.3) is 0 Å². The van der Waals surface area contributed by atoms with Crippen LogP contribution in [0.15, 0.2) is 18.3 Å². The summed E-state index contributed by atoms with van der Waals surface area (Å²) in [7, 11) is 1.87. The largest absolute Gasteiger partial charge is 0.373 e. The van der Waals surface area contributed by atoms with Crippen molar-refractivity contribution in [2.45, 2.75) is 45.7 Å². The van der Waals surface area contributed by atoms with Crippen LogP contribution in [0.2, 0.25) is 0 Å². The number of anilines is 1. The average Bonchev–Trinajstić information content (AvgIpc) is 3.24. The van der Waals surface area contributed by atoms with E-state index in [0.717, 1.165) is 29.1 Å². The second-order valence-electron chi connectivity index (χ2n) is 7.35. The molecule has 2 unspecified atom stereocenters. The first-order chi connectivity index (χ1) is 12.5. The molecule has 1 fully saturated rings. The molecule has 4 rings (SSSR count). The Kier molecular flexibility index (Phi) is 4.13. The van der Waals surface area contributed by atoms with Crippen molar-refractivity contribution in [2.24, 2.45) is 5.92 Å². The van der Waals surface area contributed by atoms with Crippen LogP contribution in [0.5, 0.6) is 0 Å². The number of halogens is 1. The fraction of sp³-hybridized carbons (Fsp3) is 0.450. The molecular weight excluding hydrogens is 331 g/mol. The van der Waals surface area contributed by atoms with Gasteiger partial charge in [-0.1, -0.05) is 6.07 Å². The molecule has 1 saturated carbocycles. The maximum atomic E-state index is 13.0. The molecule has 1 aliphatic heterocycles. The first-order valence-electron chi connectivity index (χ1n) is 9.03. The Morgan fingerprint density at radius 2 is 2.08 bits per heavy atom. The van der Waals surface area contributed by atoms with Crippen molar-refractivity contribution in [3.05, 3.63) is 52.2 Å². The molecule has 1 amide bonds. The summed E-state index contributed by atoms with van der Waals surface area (Å²) in [5.74, 6) is 1.26. The van der Waals surface area contributed by atoms with Crippen molar-refractivity contribution in [1.82, 2.24) is 14.9 Å². The normalized spacial score (nSPS) is 20.8. The lowest BCUT2D eigenvalue weighted by atomic mass is 10.0. The quantitative estimate of drug-likeness (QED) is 0.856. The molecule has 2 atom stereocenters. The van der Waals surface area contributed by atoms with Crippen LogP contribution in [0.25, 0.3) is 0 Å². The van der Waals surface area contributed by atoms with Gasteiger partial charge in [-0.25, -0.2) is 9.97 Å². The molecule has 2 aromatic heterocycles. The molecule has 5 nitrogen and oxygen atoms in total. The Morgan fingerprint density at radius 3 is 2.77 bits per heavy atom. The van der Waals surface area contributed by atoms with Gasteiger partial charge >= 0.3 is 0 Å². The average molecular weight is 354 g/mol. The Labute approximate surface area is 152 Å². The summed E-state index contributed by atoms with van der Waals surface area (Å²) >= 11 is 0. The molecule has 0 aromatic carbocycles. The number of nitrogens with one attached hydrogen (secondary N) is 1. The zero-order valence-corrected chi connectivity index (χ0v) is 15.3. The highest BCUT2D eigenvalue weighted by atomic mass is 19.1. The van der Waals surface area contributed by atoms with Crippen LogP contribution in [0.4, 0.5) is 10.2 Å². The summed E-state index contributed by atoms with van der Waals surface area (Å²) in [5.41, 5.74) is 5.58. The number of aromatic nitrogens is 2. The third-order valence-corrected chi connectivity index (χ3v) is 5.75. The smallest absolute Gasteiger partial charge is 0.223 e. The van der Waals surface area contributed by atoms with E-state index in [9.17, 15) is 9.18 Å². The topological polar surface area (TPSA) is 58.1 Å². The second kappa shape index (κ2) is 6.34. The van der Waals surface area contributed by atoms with Gasteiger partial charge in [-0.2, -0.15) is 4.39 Å². The zero-order chi connectivity index (χ0) is 18.4. The van der Waals surface area contributed by atoms with Gasteiger partial charge in [0.05, 0.1) is 0 Å². The summed E-state index contributed by atoms with van der Waals surface area (Å²) in [6.07, 6.45) is 3.10. The number of pyridine rings is 2. The predicted molar refractivity (Wildman–Crippen MR) is 97.2 cm³/mol. The van der Waals surface area contributed by atoms with Gasteiger partial charge in [0.1, 0.15) is 5.82 Å². The number of carbonyl (C=O) groups excluding carboxylic acids is 1. The van der Waals surface area contributed by atoms with Gasteiger partial charge in [0.2, 0.25) is 11.9 Å². The molecular formula is C20H23FN4O. The number of hydrogen-bond acceptors (Lipinski definition) is 4. The van der Waals surface area contributed by atoms with E-state index in [1.807, 2.05) is 18.9 Å². The summed E-state index contributed by atoms with van der Waals surface area (Å²) in [6, 6.07) is 3.17. The standard InChI is InChI=1S/C20H23FN4O/c1-11-12(2)24-20(22-3)17-10-25(9-16(11)17)19(26)7-14-6-15(14)13-4-5-18(21)23-8-13/h4-5,8,14-15H,6-7,9-10H2,1-3H3,(H,22,24). The van der Waals surface area contributed by atoms with E-state index in [1.165, 1.54) is 17.2 Å². The van der Waals surface area contributed by atoms with Crippen molar-refractivity contribution in [1.29, 1.82) is 0 Å². The Hall–Kier alpha value is -2.50. The summed E-state index contributed by atoms with van der Waals surface area (Å²) in [6.45, 7) is 5.36. The molecule has 1 N–H and O–H groups in total. The van der Waals surface area contributed by atoms with E-state index in [0.29, 0.717) is 31.3 Å². The van der Waals surface area contributed by atoms with Crippen LogP contribution in [0, 0.1) is 25.7 Å². The second-order valence-corrected chi connectivity index (χ2v) is 7.35. The van der Waals surface area contributed by atoms with Gasteiger partial charge in [0.15, 0.2) is 0 Å². The predicted octanol–water partition coefficient (Wildman–Crippen LogP) is 3.31. The summed E-state index contributed by atoms with van der Waals surface area (Å²) in [4.78, 5) is 23.1. The summed E-state index contributed by atoms with van der Waals surface area (Å²) < 4.78 is 13.0. The lowest BCUT2D eigenvalue weighted by Crippen LogP contribution is -2.25. The van der Waals surface area contributed by atoms with Crippen LogP contribution in [-0.4, -0.2) is 27.8 Å². The number of nitrogens with zero attached hydrogens (tertiary/aromatic N) is 3. The minimum atomic E-state index is -0.462. The van der Waals surface area contributed by atoms with E-state index in [4.69, 9.17) is 0 Å². The Balaban J connectivity index is 1.43. The third-order valence-electron chi connectivity index (χ3n) is 5.75. The Morgan fingerprint density at radius 1 is 1.31 bits per heavy atom. The molecule has 2 aliphatic rings. The molecule has 0 spiro atoms. The van der Waals surface area contributed by atoms with Crippen LogP contribution in [0.1, 0.15) is 46.7 Å². The minimum absolute atomic E-state index is 0.183. The minimum Gasteiger partial charge on any atom is -0.373 e. The molecule has 2 aromatic rings. The number of aryl methyl sites for hydroxylation is 1. The first kappa shape index (κ1) is 16.9. The van der Waals surface area contributed by atoms with Crippen LogP contribution >= 0.6 is 0 Å². The number of carbonyl (C=O) groups is 1. The molecule has 0 bridgehead atoms. The highest BCUT2D eigenvalue weighted by Crippen LogP contribution is 2.49. The summed E-state index contributed by atoms with van der Waals surface area (Å²) in [5, 5.41) is 3.15. The zero-order valence-electron chi connectivity index (χ0n) is 15.3. The number of hydrogen-bond donors (Lipinski definition) is 1. The highest BCUT2D eigenvalue weighted by Gasteiger charge is 2.41. The monoisotopic (exact) mass is 354 g/mol. The molecule has 3 heterocycles. The lowest BCUT2D eigenvalue weighted by molar-refractivity contribution is -0.132. The van der Waals surface area contributed by atoms with Gasteiger partial charge < -0.3 is 10.2 Å². The Bertz CT molecular complexity index is 865. The van der Waals surface area contributed by atoms with E-state index in [-0.39, 0.29) is 5.91 Å². The van der Waals surface area contributed by atoms with Gasteiger partial charge in [0, 0.05) is 44.0 Å².